The van der Waals surface area contributed by atoms with Crippen LogP contribution < -0.4 is 9.47 Å². The molecule has 1 N–H and O–H groups in total. The summed E-state index contributed by atoms with van der Waals surface area (Å²) in [4.78, 5) is 0. The number of hydrogen-bond donors (Lipinski definition) is 1. The van der Waals surface area contributed by atoms with E-state index in [4.69, 9.17) is 9.47 Å². The first-order valence-corrected chi connectivity index (χ1v) is 4.09. The van der Waals surface area contributed by atoms with Gasteiger partial charge in [0.1, 0.15) is 11.5 Å². The van der Waals surface area contributed by atoms with Gasteiger partial charge in [0.05, 0.1) is 25.9 Å². The van der Waals surface area contributed by atoms with Crippen molar-refractivity contribution >= 4 is 0 Å². The Balaban J connectivity index is 3.21. The summed E-state index contributed by atoms with van der Waals surface area (Å²) in [5, 5.41) is 9.49. The Morgan fingerprint density at radius 1 is 1.15 bits per heavy atom. The van der Waals surface area contributed by atoms with E-state index in [9.17, 15) is 5.11 Å². The minimum absolute atomic E-state index is 0.592. The van der Waals surface area contributed by atoms with Crippen LogP contribution in [0.2, 0.25) is 0 Å². The maximum atomic E-state index is 9.49. The van der Waals surface area contributed by atoms with Gasteiger partial charge < -0.3 is 14.6 Å². The molecule has 0 aromatic heterocycles. The van der Waals surface area contributed by atoms with Gasteiger partial charge in [0.2, 0.25) is 0 Å². The lowest BCUT2D eigenvalue weighted by molar-refractivity contribution is 0.189. The van der Waals surface area contributed by atoms with Gasteiger partial charge in [-0.25, -0.2) is 0 Å². The summed E-state index contributed by atoms with van der Waals surface area (Å²) in [7, 11) is 3.14. The van der Waals surface area contributed by atoms with Crippen LogP contribution in [0.25, 0.3) is 0 Å². The zero-order valence-electron chi connectivity index (χ0n) is 8.07. The van der Waals surface area contributed by atoms with Crippen LogP contribution in [0, 0.1) is 0 Å². The Kier molecular flexibility index (Phi) is 3.14. The number of aliphatic hydroxyl groups excluding tert-OH is 1. The fourth-order valence-corrected chi connectivity index (χ4v) is 1.29. The highest BCUT2D eigenvalue weighted by Crippen LogP contribution is 2.33. The van der Waals surface area contributed by atoms with Crippen LogP contribution in [-0.4, -0.2) is 19.3 Å². The van der Waals surface area contributed by atoms with E-state index < -0.39 is 6.10 Å². The average molecular weight is 182 g/mol. The van der Waals surface area contributed by atoms with E-state index in [-0.39, 0.29) is 0 Å². The van der Waals surface area contributed by atoms with Crippen molar-refractivity contribution in [3.05, 3.63) is 23.8 Å². The summed E-state index contributed by atoms with van der Waals surface area (Å²) in [6, 6.07) is 5.42. The molecule has 0 aliphatic carbocycles. The molecule has 13 heavy (non-hydrogen) atoms. The monoisotopic (exact) mass is 182 g/mol. The molecule has 72 valence electrons. The van der Waals surface area contributed by atoms with Crippen LogP contribution in [0.1, 0.15) is 18.6 Å². The van der Waals surface area contributed by atoms with Gasteiger partial charge in [-0.15, -0.1) is 0 Å². The molecular formula is C10H14O3. The summed E-state index contributed by atoms with van der Waals surface area (Å²) in [5.41, 5.74) is 0.688. The van der Waals surface area contributed by atoms with Crippen LogP contribution >= 0.6 is 0 Å². The Bertz CT molecular complexity index is 259. The molecular weight excluding hydrogens is 168 g/mol. The maximum absolute atomic E-state index is 9.49. The summed E-state index contributed by atoms with van der Waals surface area (Å²) in [6.45, 7) is 1.68. The van der Waals surface area contributed by atoms with Gasteiger partial charge in [0.15, 0.2) is 0 Å². The third kappa shape index (κ3) is 1.92. The number of hydrogen-bond acceptors (Lipinski definition) is 3. The summed E-state index contributed by atoms with van der Waals surface area (Å²) in [5.74, 6) is 1.30. The minimum atomic E-state index is -0.592. The normalized spacial score (nSPS) is 12.3. The standard InChI is InChI=1S/C10H14O3/c1-7(11)10-8(12-2)5-4-6-9(10)13-3/h4-7,11H,1-3H3/t7-/m0/s1. The van der Waals surface area contributed by atoms with Crippen molar-refractivity contribution < 1.29 is 14.6 Å². The molecule has 3 nitrogen and oxygen atoms in total. The minimum Gasteiger partial charge on any atom is -0.496 e. The average Bonchev–Trinajstić information content (AvgIpc) is 2.16. The fourth-order valence-electron chi connectivity index (χ4n) is 1.29. The van der Waals surface area contributed by atoms with Crippen molar-refractivity contribution in [2.24, 2.45) is 0 Å². The van der Waals surface area contributed by atoms with Gasteiger partial charge in [-0.05, 0) is 19.1 Å². The zero-order chi connectivity index (χ0) is 9.84. The summed E-state index contributed by atoms with van der Waals surface area (Å²) >= 11 is 0. The highest BCUT2D eigenvalue weighted by atomic mass is 16.5. The lowest BCUT2D eigenvalue weighted by Gasteiger charge is -2.14. The lowest BCUT2D eigenvalue weighted by atomic mass is 10.1. The van der Waals surface area contributed by atoms with Gasteiger partial charge in [0, 0.05) is 0 Å². The summed E-state index contributed by atoms with van der Waals surface area (Å²) < 4.78 is 10.2. The third-order valence-electron chi connectivity index (χ3n) is 1.88. The Morgan fingerprint density at radius 3 is 1.92 bits per heavy atom. The van der Waals surface area contributed by atoms with Crippen LogP contribution in [0.4, 0.5) is 0 Å². The van der Waals surface area contributed by atoms with E-state index in [2.05, 4.69) is 0 Å². The SMILES string of the molecule is COc1cccc(OC)c1[C@H](C)O. The molecule has 0 amide bonds. The lowest BCUT2D eigenvalue weighted by Crippen LogP contribution is -1.99. The molecule has 0 spiro atoms. The van der Waals surface area contributed by atoms with Crippen molar-refractivity contribution in [1.82, 2.24) is 0 Å². The highest BCUT2D eigenvalue weighted by molar-refractivity contribution is 5.45. The Hall–Kier alpha value is -1.22. The largest absolute Gasteiger partial charge is 0.496 e. The van der Waals surface area contributed by atoms with Crippen molar-refractivity contribution in [2.75, 3.05) is 14.2 Å². The molecule has 0 bridgehead atoms. The molecule has 0 aliphatic heterocycles. The van der Waals surface area contributed by atoms with E-state index in [0.717, 1.165) is 0 Å². The first-order chi connectivity index (χ1) is 6.20. The van der Waals surface area contributed by atoms with Crippen molar-refractivity contribution in [3.8, 4) is 11.5 Å². The molecule has 0 saturated heterocycles. The van der Waals surface area contributed by atoms with Crippen LogP contribution in [-0.2, 0) is 0 Å². The van der Waals surface area contributed by atoms with Crippen molar-refractivity contribution in [1.29, 1.82) is 0 Å². The van der Waals surface area contributed by atoms with E-state index in [1.807, 2.05) is 6.07 Å². The highest BCUT2D eigenvalue weighted by Gasteiger charge is 2.13. The number of benzene rings is 1. The van der Waals surface area contributed by atoms with E-state index in [1.54, 1.807) is 33.3 Å². The second-order valence-electron chi connectivity index (χ2n) is 2.75. The molecule has 1 aromatic carbocycles. The molecule has 1 atom stereocenters. The van der Waals surface area contributed by atoms with E-state index in [0.29, 0.717) is 17.1 Å². The van der Waals surface area contributed by atoms with Gasteiger partial charge in [-0.2, -0.15) is 0 Å². The van der Waals surface area contributed by atoms with E-state index in [1.165, 1.54) is 0 Å². The zero-order valence-corrected chi connectivity index (χ0v) is 8.07. The number of aliphatic hydroxyl groups is 1. The topological polar surface area (TPSA) is 38.7 Å². The first kappa shape index (κ1) is 9.86. The number of ether oxygens (including phenoxy) is 2. The van der Waals surface area contributed by atoms with Gasteiger partial charge in [-0.3, -0.25) is 0 Å². The van der Waals surface area contributed by atoms with E-state index >= 15 is 0 Å². The fraction of sp³-hybridized carbons (Fsp3) is 0.400. The number of rotatable bonds is 3. The second-order valence-corrected chi connectivity index (χ2v) is 2.75. The maximum Gasteiger partial charge on any atom is 0.128 e. The molecule has 0 saturated carbocycles. The Labute approximate surface area is 77.9 Å². The Morgan fingerprint density at radius 2 is 1.62 bits per heavy atom. The predicted molar refractivity (Wildman–Crippen MR) is 50.2 cm³/mol. The smallest absolute Gasteiger partial charge is 0.128 e. The summed E-state index contributed by atoms with van der Waals surface area (Å²) in [6.07, 6.45) is -0.592. The predicted octanol–water partition coefficient (Wildman–Crippen LogP) is 1.76. The molecule has 0 radical (unpaired) electrons. The van der Waals surface area contributed by atoms with Crippen molar-refractivity contribution in [2.45, 2.75) is 13.0 Å². The van der Waals surface area contributed by atoms with Gasteiger partial charge in [-0.1, -0.05) is 6.07 Å². The molecule has 0 unspecified atom stereocenters. The quantitative estimate of drug-likeness (QED) is 0.774. The molecule has 0 aliphatic rings. The van der Waals surface area contributed by atoms with Crippen LogP contribution in [0.5, 0.6) is 11.5 Å². The molecule has 1 rings (SSSR count). The van der Waals surface area contributed by atoms with Gasteiger partial charge >= 0.3 is 0 Å². The molecule has 3 heteroatoms. The first-order valence-electron chi connectivity index (χ1n) is 4.09. The van der Waals surface area contributed by atoms with Crippen LogP contribution in [0.15, 0.2) is 18.2 Å². The molecule has 0 heterocycles. The molecule has 1 aromatic rings. The molecule has 0 fully saturated rings. The van der Waals surface area contributed by atoms with Crippen molar-refractivity contribution in [3.63, 3.8) is 0 Å². The number of methoxy groups -OCH3 is 2. The second kappa shape index (κ2) is 4.14. The van der Waals surface area contributed by atoms with Crippen LogP contribution in [0.3, 0.4) is 0 Å². The van der Waals surface area contributed by atoms with Gasteiger partial charge in [0.25, 0.3) is 0 Å². The third-order valence-corrected chi connectivity index (χ3v) is 1.88.